The van der Waals surface area contributed by atoms with Gasteiger partial charge in [0.1, 0.15) is 5.82 Å². The molecule has 3 aromatic carbocycles. The lowest BCUT2D eigenvalue weighted by molar-refractivity contribution is 0.0944. The molecular weight excluding hydrogens is 451 g/mol. The van der Waals surface area contributed by atoms with E-state index < -0.39 is 21.7 Å². The van der Waals surface area contributed by atoms with E-state index in [4.69, 9.17) is 12.2 Å². The van der Waals surface area contributed by atoms with Crippen molar-refractivity contribution in [3.8, 4) is 0 Å². The Morgan fingerprint density at radius 3 is 2.22 bits per heavy atom. The molecule has 0 aliphatic heterocycles. The average Bonchev–Trinajstić information content (AvgIpc) is 2.79. The Kier molecular flexibility index (Phi) is 7.53. The number of hydrogen-bond acceptors (Lipinski definition) is 4. The highest BCUT2D eigenvalue weighted by Crippen LogP contribution is 2.14. The molecule has 0 unspecified atom stereocenters. The zero-order chi connectivity index (χ0) is 23.0. The Morgan fingerprint density at radius 1 is 0.875 bits per heavy atom. The topological polar surface area (TPSA) is 99.3 Å². The first-order chi connectivity index (χ1) is 15.3. The number of thiocarbonyl (C=S) groups is 1. The third-order valence-corrected chi connectivity index (χ3v) is 5.28. The molecule has 4 N–H and O–H groups in total. The van der Waals surface area contributed by atoms with Crippen LogP contribution in [0.4, 0.5) is 15.8 Å². The lowest BCUT2D eigenvalue weighted by Gasteiger charge is -2.12. The van der Waals surface area contributed by atoms with Gasteiger partial charge in [-0.15, -0.1) is 0 Å². The number of halogens is 1. The van der Waals surface area contributed by atoms with Gasteiger partial charge in [-0.3, -0.25) is 20.4 Å². The number of hydrogen-bond donors (Lipinski definition) is 4. The fraction of sp³-hybridized carbons (Fsp3) is 0. The third-order valence-electron chi connectivity index (χ3n) is 4.06. The fourth-order valence-corrected chi connectivity index (χ4v) is 3.55. The van der Waals surface area contributed by atoms with Gasteiger partial charge in [0.05, 0.1) is 11.1 Å². The first-order valence-electron chi connectivity index (χ1n) is 9.30. The molecule has 0 fully saturated rings. The monoisotopic (exact) mass is 470 g/mol. The maximum Gasteiger partial charge on any atom is 0.269 e. The SMILES string of the molecule is O=C(NNC(=S)Nc1ccccc1F)c1ccc(NS(=O)(=O)/C=C/c2ccccc2)cc1. The maximum atomic E-state index is 13.6. The van der Waals surface area contributed by atoms with Crippen LogP contribution in [0.2, 0.25) is 0 Å². The molecule has 0 saturated carbocycles. The van der Waals surface area contributed by atoms with Crippen molar-refractivity contribution >= 4 is 50.7 Å². The van der Waals surface area contributed by atoms with Gasteiger partial charge >= 0.3 is 0 Å². The quantitative estimate of drug-likeness (QED) is 0.323. The molecule has 7 nitrogen and oxygen atoms in total. The molecule has 0 heterocycles. The van der Waals surface area contributed by atoms with E-state index in [1.54, 1.807) is 36.4 Å². The molecule has 0 saturated heterocycles. The van der Waals surface area contributed by atoms with E-state index in [0.29, 0.717) is 5.69 Å². The summed E-state index contributed by atoms with van der Waals surface area (Å²) in [5.41, 5.74) is 6.32. The molecule has 0 aliphatic carbocycles. The Hall–Kier alpha value is -3.76. The highest BCUT2D eigenvalue weighted by atomic mass is 32.2. The number of benzene rings is 3. The number of para-hydroxylation sites is 1. The minimum Gasteiger partial charge on any atom is -0.329 e. The number of sulfonamides is 1. The number of hydrazine groups is 1. The summed E-state index contributed by atoms with van der Waals surface area (Å²) in [7, 11) is -3.72. The minimum atomic E-state index is -3.72. The number of nitrogens with one attached hydrogen (secondary N) is 4. The lowest BCUT2D eigenvalue weighted by atomic mass is 10.2. The predicted octanol–water partition coefficient (Wildman–Crippen LogP) is 3.87. The van der Waals surface area contributed by atoms with E-state index in [9.17, 15) is 17.6 Å². The van der Waals surface area contributed by atoms with Crippen molar-refractivity contribution in [3.63, 3.8) is 0 Å². The zero-order valence-corrected chi connectivity index (χ0v) is 18.2. The van der Waals surface area contributed by atoms with Gasteiger partial charge in [-0.05, 0) is 60.3 Å². The standard InChI is InChI=1S/C22H19FN4O3S2/c23-19-8-4-5-9-20(19)24-22(31)26-25-21(28)17-10-12-18(13-11-17)27-32(29,30)15-14-16-6-2-1-3-7-16/h1-15,27H,(H,25,28)(H2,24,26,31)/b15-14+. The number of carbonyl (C=O) groups is 1. The van der Waals surface area contributed by atoms with E-state index >= 15 is 0 Å². The summed E-state index contributed by atoms with van der Waals surface area (Å²) < 4.78 is 40.4. The van der Waals surface area contributed by atoms with Gasteiger partial charge in [0.2, 0.25) is 0 Å². The van der Waals surface area contributed by atoms with E-state index in [0.717, 1.165) is 11.0 Å². The molecule has 0 radical (unpaired) electrons. The van der Waals surface area contributed by atoms with Crippen LogP contribution in [0, 0.1) is 5.82 Å². The van der Waals surface area contributed by atoms with E-state index in [1.807, 2.05) is 6.07 Å². The molecule has 3 rings (SSSR count). The normalized spacial score (nSPS) is 11.0. The summed E-state index contributed by atoms with van der Waals surface area (Å²) in [5.74, 6) is -0.999. The summed E-state index contributed by atoms with van der Waals surface area (Å²) >= 11 is 5.02. The summed E-state index contributed by atoms with van der Waals surface area (Å²) in [4.78, 5) is 12.2. The lowest BCUT2D eigenvalue weighted by Crippen LogP contribution is -2.43. The van der Waals surface area contributed by atoms with Crippen LogP contribution in [0.3, 0.4) is 0 Å². The molecular formula is C22H19FN4O3S2. The largest absolute Gasteiger partial charge is 0.329 e. The van der Waals surface area contributed by atoms with Crippen LogP contribution >= 0.6 is 12.2 Å². The van der Waals surface area contributed by atoms with Crippen molar-refractivity contribution in [2.45, 2.75) is 0 Å². The Morgan fingerprint density at radius 2 is 1.53 bits per heavy atom. The van der Waals surface area contributed by atoms with Crippen molar-refractivity contribution in [1.29, 1.82) is 0 Å². The van der Waals surface area contributed by atoms with Crippen molar-refractivity contribution in [1.82, 2.24) is 10.9 Å². The van der Waals surface area contributed by atoms with Crippen LogP contribution in [-0.2, 0) is 10.0 Å². The van der Waals surface area contributed by atoms with E-state index in [1.165, 1.54) is 42.5 Å². The Bertz CT molecular complexity index is 1230. The average molecular weight is 471 g/mol. The second-order valence-corrected chi connectivity index (χ2v) is 8.43. The molecule has 0 atom stereocenters. The molecule has 0 aromatic heterocycles. The summed E-state index contributed by atoms with van der Waals surface area (Å²) in [6, 6.07) is 20.8. The fourth-order valence-electron chi connectivity index (χ4n) is 2.52. The molecule has 0 bridgehead atoms. The van der Waals surface area contributed by atoms with Gasteiger partial charge in [-0.1, -0.05) is 42.5 Å². The Balaban J connectivity index is 1.53. The van der Waals surface area contributed by atoms with Crippen LogP contribution in [0.5, 0.6) is 0 Å². The first-order valence-corrected chi connectivity index (χ1v) is 11.3. The predicted molar refractivity (Wildman–Crippen MR) is 128 cm³/mol. The van der Waals surface area contributed by atoms with Crippen LogP contribution < -0.4 is 20.9 Å². The smallest absolute Gasteiger partial charge is 0.269 e. The third kappa shape index (κ3) is 6.89. The Labute approximate surface area is 190 Å². The summed E-state index contributed by atoms with van der Waals surface area (Å²) in [6.45, 7) is 0. The number of amides is 1. The first kappa shape index (κ1) is 22.9. The van der Waals surface area contributed by atoms with E-state index in [2.05, 4.69) is 20.9 Å². The van der Waals surface area contributed by atoms with Crippen LogP contribution in [0.25, 0.3) is 6.08 Å². The second-order valence-electron chi connectivity index (χ2n) is 6.45. The molecule has 0 aliphatic rings. The second kappa shape index (κ2) is 10.5. The molecule has 32 heavy (non-hydrogen) atoms. The maximum absolute atomic E-state index is 13.6. The molecule has 164 valence electrons. The van der Waals surface area contributed by atoms with Gasteiger partial charge in [0, 0.05) is 11.3 Å². The molecule has 0 spiro atoms. The highest BCUT2D eigenvalue weighted by Gasteiger charge is 2.09. The summed E-state index contributed by atoms with van der Waals surface area (Å²) in [6.07, 6.45) is 1.48. The molecule has 10 heteroatoms. The van der Waals surface area contributed by atoms with Crippen molar-refractivity contribution in [2.75, 3.05) is 10.0 Å². The van der Waals surface area contributed by atoms with E-state index in [-0.39, 0.29) is 16.4 Å². The van der Waals surface area contributed by atoms with Gasteiger partial charge in [0.25, 0.3) is 15.9 Å². The molecule has 1 amide bonds. The summed E-state index contributed by atoms with van der Waals surface area (Å²) in [5, 5.41) is 3.69. The van der Waals surface area contributed by atoms with Crippen LogP contribution in [0.1, 0.15) is 15.9 Å². The van der Waals surface area contributed by atoms with Crippen molar-refractivity contribution in [2.24, 2.45) is 0 Å². The van der Waals surface area contributed by atoms with Gasteiger partial charge in [0.15, 0.2) is 5.11 Å². The van der Waals surface area contributed by atoms with Crippen molar-refractivity contribution < 1.29 is 17.6 Å². The highest BCUT2D eigenvalue weighted by molar-refractivity contribution is 7.95. The minimum absolute atomic E-state index is 0.00182. The van der Waals surface area contributed by atoms with Gasteiger partial charge < -0.3 is 5.32 Å². The molecule has 3 aromatic rings. The number of rotatable bonds is 6. The van der Waals surface area contributed by atoms with Crippen LogP contribution in [-0.4, -0.2) is 19.4 Å². The van der Waals surface area contributed by atoms with Gasteiger partial charge in [-0.25, -0.2) is 12.8 Å². The number of anilines is 2. The van der Waals surface area contributed by atoms with Crippen LogP contribution in [0.15, 0.2) is 84.3 Å². The van der Waals surface area contributed by atoms with Crippen molar-refractivity contribution in [3.05, 3.63) is 101 Å². The zero-order valence-electron chi connectivity index (χ0n) is 16.6. The number of carbonyl (C=O) groups excluding carboxylic acids is 1. The van der Waals surface area contributed by atoms with Gasteiger partial charge in [-0.2, -0.15) is 0 Å².